The van der Waals surface area contributed by atoms with Gasteiger partial charge in [0.15, 0.2) is 12.1 Å². The van der Waals surface area contributed by atoms with E-state index in [9.17, 15) is 4.79 Å². The standard InChI is InChI=1S/C5H7N3O2/c1-4(9)8(2)5-3-10-7-6-5/h3H,1-2H3. The number of aromatic nitrogens is 2. The maximum atomic E-state index is 10.7. The number of amides is 1. The number of hydrogen-bond acceptors (Lipinski definition) is 4. The monoisotopic (exact) mass is 141 g/mol. The van der Waals surface area contributed by atoms with Crippen LogP contribution >= 0.6 is 0 Å². The minimum absolute atomic E-state index is 0.101. The third-order valence-electron chi connectivity index (χ3n) is 1.16. The van der Waals surface area contributed by atoms with Crippen molar-refractivity contribution >= 4 is 11.7 Å². The molecule has 5 nitrogen and oxygen atoms in total. The molecule has 10 heavy (non-hydrogen) atoms. The summed E-state index contributed by atoms with van der Waals surface area (Å²) in [4.78, 5) is 12.0. The van der Waals surface area contributed by atoms with Crippen molar-refractivity contribution in [3.8, 4) is 0 Å². The molecule has 0 saturated heterocycles. The Labute approximate surface area is 57.6 Å². The fourth-order valence-electron chi connectivity index (χ4n) is 0.467. The van der Waals surface area contributed by atoms with Gasteiger partial charge in [0.2, 0.25) is 5.91 Å². The highest BCUT2D eigenvalue weighted by Gasteiger charge is 2.07. The highest BCUT2D eigenvalue weighted by molar-refractivity contribution is 5.89. The molecule has 1 rings (SSSR count). The predicted molar refractivity (Wildman–Crippen MR) is 33.4 cm³/mol. The van der Waals surface area contributed by atoms with Gasteiger partial charge in [-0.15, -0.1) is 0 Å². The van der Waals surface area contributed by atoms with Crippen LogP contribution in [0.15, 0.2) is 10.8 Å². The second-order valence-corrected chi connectivity index (χ2v) is 1.84. The highest BCUT2D eigenvalue weighted by atomic mass is 16.5. The van der Waals surface area contributed by atoms with E-state index in [0.717, 1.165) is 0 Å². The van der Waals surface area contributed by atoms with Gasteiger partial charge in [-0.05, 0) is 0 Å². The van der Waals surface area contributed by atoms with Crippen molar-refractivity contribution in [2.45, 2.75) is 6.92 Å². The van der Waals surface area contributed by atoms with Gasteiger partial charge in [0.25, 0.3) is 0 Å². The van der Waals surface area contributed by atoms with Gasteiger partial charge in [-0.25, -0.2) is 0 Å². The van der Waals surface area contributed by atoms with E-state index in [1.54, 1.807) is 7.05 Å². The number of carbonyl (C=O) groups excluding carboxylic acids is 1. The molecule has 0 N–H and O–H groups in total. The lowest BCUT2D eigenvalue weighted by atomic mass is 10.6. The molecule has 1 amide bonds. The Bertz CT molecular complexity index is 219. The normalized spacial score (nSPS) is 9.40. The minimum atomic E-state index is -0.101. The first-order valence-corrected chi connectivity index (χ1v) is 2.73. The smallest absolute Gasteiger partial charge is 0.224 e. The molecule has 54 valence electrons. The Morgan fingerprint density at radius 3 is 2.90 bits per heavy atom. The van der Waals surface area contributed by atoms with Gasteiger partial charge < -0.3 is 4.52 Å². The zero-order valence-corrected chi connectivity index (χ0v) is 5.74. The second-order valence-electron chi connectivity index (χ2n) is 1.84. The van der Waals surface area contributed by atoms with Gasteiger partial charge in [0.1, 0.15) is 0 Å². The molecule has 0 atom stereocenters. The average Bonchev–Trinajstić information content (AvgIpc) is 2.36. The Morgan fingerprint density at radius 1 is 1.80 bits per heavy atom. The molecule has 0 saturated carbocycles. The molecular formula is C5H7N3O2. The van der Waals surface area contributed by atoms with Crippen molar-refractivity contribution < 1.29 is 9.32 Å². The molecule has 0 radical (unpaired) electrons. The summed E-state index contributed by atoms with van der Waals surface area (Å²) >= 11 is 0. The summed E-state index contributed by atoms with van der Waals surface area (Å²) in [5.41, 5.74) is 0. The van der Waals surface area contributed by atoms with Crippen LogP contribution in [0, 0.1) is 0 Å². The zero-order valence-electron chi connectivity index (χ0n) is 5.74. The van der Waals surface area contributed by atoms with E-state index in [1.807, 2.05) is 0 Å². The molecule has 0 aliphatic heterocycles. The van der Waals surface area contributed by atoms with Crippen molar-refractivity contribution in [3.05, 3.63) is 6.26 Å². The largest absolute Gasteiger partial charge is 0.343 e. The molecule has 0 bridgehead atoms. The van der Waals surface area contributed by atoms with Gasteiger partial charge in [-0.1, -0.05) is 5.10 Å². The van der Waals surface area contributed by atoms with E-state index in [0.29, 0.717) is 5.82 Å². The topological polar surface area (TPSA) is 59.2 Å². The third kappa shape index (κ3) is 1.12. The summed E-state index contributed by atoms with van der Waals surface area (Å²) in [5, 5.41) is 6.73. The molecule has 0 aliphatic rings. The first kappa shape index (κ1) is 6.73. The van der Waals surface area contributed by atoms with E-state index in [4.69, 9.17) is 0 Å². The second kappa shape index (κ2) is 2.47. The molecule has 0 fully saturated rings. The van der Waals surface area contributed by atoms with Crippen molar-refractivity contribution in [3.63, 3.8) is 0 Å². The lowest BCUT2D eigenvalue weighted by Crippen LogP contribution is -2.22. The number of anilines is 1. The number of nitrogens with zero attached hydrogens (tertiary/aromatic N) is 3. The molecule has 1 heterocycles. The molecule has 0 unspecified atom stereocenters. The van der Waals surface area contributed by atoms with Gasteiger partial charge >= 0.3 is 0 Å². The van der Waals surface area contributed by atoms with E-state index in [2.05, 4.69) is 14.9 Å². The van der Waals surface area contributed by atoms with Gasteiger partial charge in [-0.2, -0.15) is 0 Å². The van der Waals surface area contributed by atoms with Crippen LogP contribution in [0.3, 0.4) is 0 Å². The Balaban J connectivity index is 2.77. The summed E-state index contributed by atoms with van der Waals surface area (Å²) in [6.07, 6.45) is 1.31. The summed E-state index contributed by atoms with van der Waals surface area (Å²) < 4.78 is 4.43. The maximum Gasteiger partial charge on any atom is 0.224 e. The summed E-state index contributed by atoms with van der Waals surface area (Å²) in [7, 11) is 1.60. The van der Waals surface area contributed by atoms with Crippen LogP contribution in [0.2, 0.25) is 0 Å². The molecule has 1 aromatic heterocycles. The quantitative estimate of drug-likeness (QED) is 0.554. The maximum absolute atomic E-state index is 10.7. The predicted octanol–water partition coefficient (Wildman–Crippen LogP) is 0.0523. The number of hydrogen-bond donors (Lipinski definition) is 0. The molecular weight excluding hydrogens is 134 g/mol. The molecule has 0 spiro atoms. The lowest BCUT2D eigenvalue weighted by Gasteiger charge is -2.07. The van der Waals surface area contributed by atoms with Crippen LogP contribution in [-0.4, -0.2) is 23.3 Å². The lowest BCUT2D eigenvalue weighted by molar-refractivity contribution is -0.116. The Morgan fingerprint density at radius 2 is 2.50 bits per heavy atom. The van der Waals surface area contributed by atoms with Crippen LogP contribution in [0.5, 0.6) is 0 Å². The van der Waals surface area contributed by atoms with Gasteiger partial charge in [0.05, 0.1) is 0 Å². The minimum Gasteiger partial charge on any atom is -0.343 e. The number of rotatable bonds is 1. The highest BCUT2D eigenvalue weighted by Crippen LogP contribution is 2.04. The van der Waals surface area contributed by atoms with Crippen LogP contribution in [0.1, 0.15) is 6.92 Å². The molecule has 0 aromatic carbocycles. The van der Waals surface area contributed by atoms with Crippen molar-refractivity contribution in [2.75, 3.05) is 11.9 Å². The Kier molecular flexibility index (Phi) is 1.66. The first-order valence-electron chi connectivity index (χ1n) is 2.73. The van der Waals surface area contributed by atoms with Gasteiger partial charge in [-0.3, -0.25) is 9.69 Å². The fourth-order valence-corrected chi connectivity index (χ4v) is 0.467. The Hall–Kier alpha value is -1.39. The van der Waals surface area contributed by atoms with E-state index in [1.165, 1.54) is 18.1 Å². The number of carbonyl (C=O) groups is 1. The zero-order chi connectivity index (χ0) is 7.56. The fraction of sp³-hybridized carbons (Fsp3) is 0.400. The summed E-state index contributed by atoms with van der Waals surface area (Å²) in [5.74, 6) is 0.322. The third-order valence-corrected chi connectivity index (χ3v) is 1.16. The summed E-state index contributed by atoms with van der Waals surface area (Å²) in [6.45, 7) is 1.44. The molecule has 0 aliphatic carbocycles. The van der Waals surface area contributed by atoms with Gasteiger partial charge in [0, 0.05) is 19.2 Å². The van der Waals surface area contributed by atoms with Crippen molar-refractivity contribution in [1.82, 2.24) is 10.4 Å². The van der Waals surface area contributed by atoms with Crippen LogP contribution in [-0.2, 0) is 4.79 Å². The average molecular weight is 141 g/mol. The van der Waals surface area contributed by atoms with Crippen molar-refractivity contribution in [1.29, 1.82) is 0 Å². The van der Waals surface area contributed by atoms with E-state index >= 15 is 0 Å². The van der Waals surface area contributed by atoms with E-state index < -0.39 is 0 Å². The van der Waals surface area contributed by atoms with Crippen LogP contribution in [0.4, 0.5) is 5.82 Å². The summed E-state index contributed by atoms with van der Waals surface area (Å²) in [6, 6.07) is 0. The van der Waals surface area contributed by atoms with Crippen LogP contribution < -0.4 is 4.90 Å². The molecule has 1 aromatic rings. The van der Waals surface area contributed by atoms with Crippen molar-refractivity contribution in [2.24, 2.45) is 0 Å². The first-order chi connectivity index (χ1) is 4.72. The van der Waals surface area contributed by atoms with E-state index in [-0.39, 0.29) is 5.91 Å². The SMILES string of the molecule is CC(=O)N(C)c1conn1. The van der Waals surface area contributed by atoms with Crippen LogP contribution in [0.25, 0.3) is 0 Å². The molecule has 5 heteroatoms.